The Bertz CT molecular complexity index is 403. The summed E-state index contributed by atoms with van der Waals surface area (Å²) in [5.41, 5.74) is 0.428. The first-order valence-electron chi connectivity index (χ1n) is 5.70. The Morgan fingerprint density at radius 1 is 1.62 bits per heavy atom. The normalized spacial score (nSPS) is 28.4. The van der Waals surface area contributed by atoms with Crippen molar-refractivity contribution in [1.29, 1.82) is 0 Å². The third-order valence-electron chi connectivity index (χ3n) is 3.50. The SMILES string of the molecule is Cc1cc(C(=O)N2CC3CCNC3C2)no1. The first-order valence-corrected chi connectivity index (χ1v) is 5.70. The highest BCUT2D eigenvalue weighted by Gasteiger charge is 2.38. The van der Waals surface area contributed by atoms with Crippen LogP contribution in [0, 0.1) is 12.8 Å². The molecule has 1 amide bonds. The van der Waals surface area contributed by atoms with E-state index >= 15 is 0 Å². The zero-order chi connectivity index (χ0) is 11.1. The molecule has 1 N–H and O–H groups in total. The van der Waals surface area contributed by atoms with Crippen LogP contribution in [0.3, 0.4) is 0 Å². The molecule has 86 valence electrons. The second-order valence-corrected chi connectivity index (χ2v) is 4.64. The predicted octanol–water partition coefficient (Wildman–Crippen LogP) is 0.417. The Labute approximate surface area is 93.8 Å². The van der Waals surface area contributed by atoms with Crippen LogP contribution in [0.4, 0.5) is 0 Å². The monoisotopic (exact) mass is 221 g/mol. The molecule has 2 saturated heterocycles. The van der Waals surface area contributed by atoms with Crippen molar-refractivity contribution in [3.63, 3.8) is 0 Å². The minimum Gasteiger partial charge on any atom is -0.361 e. The fraction of sp³-hybridized carbons (Fsp3) is 0.636. The van der Waals surface area contributed by atoms with Gasteiger partial charge in [-0.05, 0) is 25.8 Å². The van der Waals surface area contributed by atoms with Crippen LogP contribution in [0.1, 0.15) is 22.7 Å². The number of rotatable bonds is 1. The van der Waals surface area contributed by atoms with Crippen molar-refractivity contribution in [2.45, 2.75) is 19.4 Å². The molecular formula is C11H15N3O2. The Balaban J connectivity index is 1.73. The van der Waals surface area contributed by atoms with E-state index in [1.165, 1.54) is 6.42 Å². The second kappa shape index (κ2) is 3.59. The molecule has 0 aliphatic carbocycles. The first-order chi connectivity index (χ1) is 7.74. The first kappa shape index (κ1) is 9.84. The maximum atomic E-state index is 12.1. The van der Waals surface area contributed by atoms with Crippen molar-refractivity contribution in [2.75, 3.05) is 19.6 Å². The highest BCUT2D eigenvalue weighted by Crippen LogP contribution is 2.25. The average Bonchev–Trinajstić information content (AvgIpc) is 2.89. The highest BCUT2D eigenvalue weighted by atomic mass is 16.5. The van der Waals surface area contributed by atoms with E-state index < -0.39 is 0 Å². The largest absolute Gasteiger partial charge is 0.361 e. The van der Waals surface area contributed by atoms with Crippen LogP contribution in [-0.2, 0) is 0 Å². The number of carbonyl (C=O) groups is 1. The standard InChI is InChI=1S/C11H15N3O2/c1-7-4-9(13-16-7)11(15)14-5-8-2-3-12-10(8)6-14/h4,8,10,12H,2-3,5-6H2,1H3. The van der Waals surface area contributed by atoms with Crippen molar-refractivity contribution < 1.29 is 9.32 Å². The minimum absolute atomic E-state index is 0.00644. The van der Waals surface area contributed by atoms with Gasteiger partial charge in [0.05, 0.1) is 0 Å². The molecule has 1 aromatic rings. The van der Waals surface area contributed by atoms with Crippen LogP contribution in [0.15, 0.2) is 10.6 Å². The summed E-state index contributed by atoms with van der Waals surface area (Å²) in [6, 6.07) is 2.18. The molecule has 0 radical (unpaired) electrons. The molecule has 1 aromatic heterocycles. The lowest BCUT2D eigenvalue weighted by atomic mass is 10.1. The Morgan fingerprint density at radius 2 is 2.50 bits per heavy atom. The van der Waals surface area contributed by atoms with Crippen molar-refractivity contribution in [2.24, 2.45) is 5.92 Å². The summed E-state index contributed by atoms with van der Waals surface area (Å²) in [4.78, 5) is 13.9. The van der Waals surface area contributed by atoms with Crippen molar-refractivity contribution >= 4 is 5.91 Å². The number of fused-ring (bicyclic) bond motifs is 1. The lowest BCUT2D eigenvalue weighted by Gasteiger charge is -2.15. The van der Waals surface area contributed by atoms with Gasteiger partial charge in [-0.25, -0.2) is 0 Å². The van der Waals surface area contributed by atoms with Crippen LogP contribution >= 0.6 is 0 Å². The Morgan fingerprint density at radius 3 is 3.19 bits per heavy atom. The van der Waals surface area contributed by atoms with Crippen molar-refractivity contribution in [3.8, 4) is 0 Å². The second-order valence-electron chi connectivity index (χ2n) is 4.64. The van der Waals surface area contributed by atoms with Gasteiger partial charge in [-0.2, -0.15) is 0 Å². The molecule has 2 fully saturated rings. The number of nitrogens with zero attached hydrogens (tertiary/aromatic N) is 2. The minimum atomic E-state index is -0.00644. The van der Waals surface area contributed by atoms with Crippen LogP contribution in [0.2, 0.25) is 0 Å². The number of hydrogen-bond acceptors (Lipinski definition) is 4. The van der Waals surface area contributed by atoms with Gasteiger partial charge in [0.15, 0.2) is 5.69 Å². The van der Waals surface area contributed by atoms with Crippen LogP contribution in [0.25, 0.3) is 0 Å². The summed E-state index contributed by atoms with van der Waals surface area (Å²) in [6.45, 7) is 4.53. The van der Waals surface area contributed by atoms with E-state index in [9.17, 15) is 4.79 Å². The van der Waals surface area contributed by atoms with Gasteiger partial charge < -0.3 is 14.7 Å². The molecule has 3 heterocycles. The quantitative estimate of drug-likeness (QED) is 0.746. The molecule has 2 atom stereocenters. The molecule has 0 spiro atoms. The summed E-state index contributed by atoms with van der Waals surface area (Å²) in [5.74, 6) is 1.30. The molecule has 2 unspecified atom stereocenters. The maximum absolute atomic E-state index is 12.1. The molecule has 2 aliphatic heterocycles. The number of aryl methyl sites for hydroxylation is 1. The zero-order valence-corrected chi connectivity index (χ0v) is 9.27. The fourth-order valence-corrected chi connectivity index (χ4v) is 2.64. The van der Waals surface area contributed by atoms with Crippen LogP contribution < -0.4 is 5.32 Å². The predicted molar refractivity (Wildman–Crippen MR) is 57.0 cm³/mol. The van der Waals surface area contributed by atoms with Crippen molar-refractivity contribution in [3.05, 3.63) is 17.5 Å². The van der Waals surface area contributed by atoms with E-state index in [-0.39, 0.29) is 5.91 Å². The molecule has 0 saturated carbocycles. The summed E-state index contributed by atoms with van der Waals surface area (Å²) in [6.07, 6.45) is 1.17. The van der Waals surface area contributed by atoms with E-state index in [4.69, 9.17) is 4.52 Å². The van der Waals surface area contributed by atoms with Gasteiger partial charge in [0.1, 0.15) is 5.76 Å². The number of aromatic nitrogens is 1. The number of nitrogens with one attached hydrogen (secondary N) is 1. The van der Waals surface area contributed by atoms with Gasteiger partial charge in [-0.15, -0.1) is 0 Å². The van der Waals surface area contributed by atoms with Crippen LogP contribution in [0.5, 0.6) is 0 Å². The summed E-state index contributed by atoms with van der Waals surface area (Å²) >= 11 is 0. The molecule has 2 aliphatic rings. The number of amides is 1. The van der Waals surface area contributed by atoms with Gasteiger partial charge in [-0.3, -0.25) is 4.79 Å². The van der Waals surface area contributed by atoms with E-state index in [1.807, 2.05) is 4.90 Å². The van der Waals surface area contributed by atoms with Gasteiger partial charge in [-0.1, -0.05) is 5.16 Å². The lowest BCUT2D eigenvalue weighted by Crippen LogP contribution is -2.34. The molecule has 0 aromatic carbocycles. The van der Waals surface area contributed by atoms with Gasteiger partial charge in [0.2, 0.25) is 0 Å². The van der Waals surface area contributed by atoms with E-state index in [2.05, 4.69) is 10.5 Å². The van der Waals surface area contributed by atoms with Crippen LogP contribution in [-0.4, -0.2) is 41.6 Å². The van der Waals surface area contributed by atoms with Gasteiger partial charge >= 0.3 is 0 Å². The third-order valence-corrected chi connectivity index (χ3v) is 3.50. The average molecular weight is 221 g/mol. The molecule has 3 rings (SSSR count). The Kier molecular flexibility index (Phi) is 2.21. The summed E-state index contributed by atoms with van der Waals surface area (Å²) in [5, 5.41) is 7.19. The van der Waals surface area contributed by atoms with E-state index in [1.54, 1.807) is 13.0 Å². The summed E-state index contributed by atoms with van der Waals surface area (Å²) in [7, 11) is 0. The molecular weight excluding hydrogens is 206 g/mol. The molecule has 16 heavy (non-hydrogen) atoms. The maximum Gasteiger partial charge on any atom is 0.276 e. The molecule has 0 bridgehead atoms. The summed E-state index contributed by atoms with van der Waals surface area (Å²) < 4.78 is 4.93. The van der Waals surface area contributed by atoms with E-state index in [0.717, 1.165) is 19.6 Å². The fourth-order valence-electron chi connectivity index (χ4n) is 2.64. The van der Waals surface area contributed by atoms with Crippen molar-refractivity contribution in [1.82, 2.24) is 15.4 Å². The Hall–Kier alpha value is -1.36. The smallest absolute Gasteiger partial charge is 0.276 e. The van der Waals surface area contributed by atoms with Gasteiger partial charge in [0.25, 0.3) is 5.91 Å². The third kappa shape index (κ3) is 1.51. The lowest BCUT2D eigenvalue weighted by molar-refractivity contribution is 0.0772. The molecule has 5 nitrogen and oxygen atoms in total. The van der Waals surface area contributed by atoms with E-state index in [0.29, 0.717) is 23.4 Å². The molecule has 5 heteroatoms. The highest BCUT2D eigenvalue weighted by molar-refractivity contribution is 5.92. The zero-order valence-electron chi connectivity index (χ0n) is 9.27. The van der Waals surface area contributed by atoms with Gasteiger partial charge in [0, 0.05) is 25.2 Å². The number of carbonyl (C=O) groups excluding carboxylic acids is 1. The number of hydrogen-bond donors (Lipinski definition) is 1. The number of likely N-dealkylation sites (tertiary alicyclic amines) is 1. The topological polar surface area (TPSA) is 58.4 Å².